The van der Waals surface area contributed by atoms with E-state index in [0.29, 0.717) is 6.04 Å². The summed E-state index contributed by atoms with van der Waals surface area (Å²) in [6.45, 7) is 5.00. The van der Waals surface area contributed by atoms with Gasteiger partial charge in [-0.2, -0.15) is 5.10 Å². The Hall–Kier alpha value is -1.20. The molecule has 2 aromatic rings. The van der Waals surface area contributed by atoms with Crippen LogP contribution < -0.4 is 5.32 Å². The van der Waals surface area contributed by atoms with Crippen molar-refractivity contribution in [3.05, 3.63) is 34.0 Å². The Morgan fingerprint density at radius 1 is 1.56 bits per heavy atom. The largest absolute Gasteiger partial charge is 0.302 e. The highest BCUT2D eigenvalue weighted by Gasteiger charge is 2.12. The molecule has 1 atom stereocenters. The van der Waals surface area contributed by atoms with E-state index in [4.69, 9.17) is 0 Å². The summed E-state index contributed by atoms with van der Waals surface area (Å²) in [5.41, 5.74) is 2.20. The molecule has 16 heavy (non-hydrogen) atoms. The van der Waals surface area contributed by atoms with Crippen LogP contribution in [0, 0.1) is 6.92 Å². The minimum Gasteiger partial charge on any atom is -0.302 e. The summed E-state index contributed by atoms with van der Waals surface area (Å²) in [7, 11) is 0. The summed E-state index contributed by atoms with van der Waals surface area (Å²) < 4.78 is 0. The van der Waals surface area contributed by atoms with Gasteiger partial charge in [0.1, 0.15) is 5.01 Å². The lowest BCUT2D eigenvalue weighted by atomic mass is 10.2. The van der Waals surface area contributed by atoms with Crippen molar-refractivity contribution >= 4 is 11.3 Å². The number of hydrogen-bond donors (Lipinski definition) is 2. The molecule has 0 amide bonds. The lowest BCUT2D eigenvalue weighted by molar-refractivity contribution is 0.511. The van der Waals surface area contributed by atoms with E-state index in [0.717, 1.165) is 24.4 Å². The van der Waals surface area contributed by atoms with Gasteiger partial charge in [-0.3, -0.25) is 5.10 Å². The number of aryl methyl sites for hydroxylation is 1. The molecule has 0 radical (unpaired) electrons. The molecule has 0 aliphatic heterocycles. The molecule has 1 unspecified atom stereocenters. The molecule has 5 heteroatoms. The molecule has 0 fully saturated rings. The Balaban J connectivity index is 1.96. The molecule has 4 nitrogen and oxygen atoms in total. The van der Waals surface area contributed by atoms with Crippen LogP contribution in [0.5, 0.6) is 0 Å². The zero-order valence-electron chi connectivity index (χ0n) is 9.53. The standard InChI is InChI=1S/C11H16N4S/c1-3-10(11-14-8(2)7-16-11)12-6-9-4-5-13-15-9/h4-5,7,10,12H,3,6H2,1-2H3,(H,13,15). The van der Waals surface area contributed by atoms with Gasteiger partial charge in [0.2, 0.25) is 0 Å². The van der Waals surface area contributed by atoms with Gasteiger partial charge in [-0.05, 0) is 19.4 Å². The number of thiazole rings is 1. The monoisotopic (exact) mass is 236 g/mol. The first-order valence-corrected chi connectivity index (χ1v) is 6.31. The molecule has 2 rings (SSSR count). The summed E-state index contributed by atoms with van der Waals surface area (Å²) in [4.78, 5) is 4.51. The molecule has 86 valence electrons. The zero-order chi connectivity index (χ0) is 11.4. The van der Waals surface area contributed by atoms with Crippen molar-refractivity contribution in [2.45, 2.75) is 32.9 Å². The first-order valence-electron chi connectivity index (χ1n) is 5.43. The average molecular weight is 236 g/mol. The summed E-state index contributed by atoms with van der Waals surface area (Å²) >= 11 is 1.72. The Labute approximate surface area is 99.1 Å². The molecule has 0 aromatic carbocycles. The molecular formula is C11H16N4S. The fourth-order valence-corrected chi connectivity index (χ4v) is 2.51. The van der Waals surface area contributed by atoms with E-state index in [-0.39, 0.29) is 0 Å². The topological polar surface area (TPSA) is 53.6 Å². The van der Waals surface area contributed by atoms with Crippen LogP contribution in [0.4, 0.5) is 0 Å². The van der Waals surface area contributed by atoms with Crippen LogP contribution in [-0.4, -0.2) is 15.2 Å². The van der Waals surface area contributed by atoms with Gasteiger partial charge in [-0.15, -0.1) is 11.3 Å². The molecule has 2 N–H and O–H groups in total. The van der Waals surface area contributed by atoms with E-state index < -0.39 is 0 Å². The Bertz CT molecular complexity index is 421. The summed E-state index contributed by atoms with van der Waals surface area (Å²) in [6, 6.07) is 2.31. The van der Waals surface area contributed by atoms with Crippen LogP contribution in [0.2, 0.25) is 0 Å². The number of nitrogens with zero attached hydrogens (tertiary/aromatic N) is 2. The first-order chi connectivity index (χ1) is 7.79. The highest BCUT2D eigenvalue weighted by atomic mass is 32.1. The number of nitrogens with one attached hydrogen (secondary N) is 2. The van der Waals surface area contributed by atoms with Crippen LogP contribution in [0.25, 0.3) is 0 Å². The molecule has 0 aliphatic carbocycles. The second kappa shape index (κ2) is 5.23. The van der Waals surface area contributed by atoms with E-state index in [1.807, 2.05) is 13.0 Å². The SMILES string of the molecule is CCC(NCc1ccn[nH]1)c1nc(C)cs1. The number of H-pyrrole nitrogens is 1. The Kier molecular flexibility index (Phi) is 3.69. The highest BCUT2D eigenvalue weighted by molar-refractivity contribution is 7.09. The van der Waals surface area contributed by atoms with E-state index in [1.54, 1.807) is 17.5 Å². The molecule has 2 heterocycles. The van der Waals surface area contributed by atoms with Gasteiger partial charge in [-0.1, -0.05) is 6.92 Å². The van der Waals surface area contributed by atoms with E-state index in [1.165, 1.54) is 5.01 Å². The van der Waals surface area contributed by atoms with E-state index in [2.05, 4.69) is 32.8 Å². The van der Waals surface area contributed by atoms with Crippen molar-refractivity contribution < 1.29 is 0 Å². The van der Waals surface area contributed by atoms with Gasteiger partial charge in [0.25, 0.3) is 0 Å². The van der Waals surface area contributed by atoms with Crippen LogP contribution in [0.1, 0.15) is 35.8 Å². The summed E-state index contributed by atoms with van der Waals surface area (Å²) in [5, 5.41) is 13.6. The molecule has 0 saturated carbocycles. The van der Waals surface area contributed by atoms with Crippen molar-refractivity contribution in [3.8, 4) is 0 Å². The van der Waals surface area contributed by atoms with Gasteiger partial charge >= 0.3 is 0 Å². The van der Waals surface area contributed by atoms with Crippen LogP contribution in [0.15, 0.2) is 17.6 Å². The molecule has 2 aromatic heterocycles. The first kappa shape index (κ1) is 11.3. The third-order valence-corrected chi connectivity index (χ3v) is 3.52. The Morgan fingerprint density at radius 2 is 2.44 bits per heavy atom. The quantitative estimate of drug-likeness (QED) is 0.838. The maximum Gasteiger partial charge on any atom is 0.110 e. The third kappa shape index (κ3) is 2.68. The van der Waals surface area contributed by atoms with Gasteiger partial charge in [-0.25, -0.2) is 4.98 Å². The maximum atomic E-state index is 4.51. The summed E-state index contributed by atoms with van der Waals surface area (Å²) in [5.74, 6) is 0. The predicted molar refractivity (Wildman–Crippen MR) is 65.3 cm³/mol. The number of aromatic nitrogens is 3. The Morgan fingerprint density at radius 3 is 3.00 bits per heavy atom. The fourth-order valence-electron chi connectivity index (χ4n) is 1.55. The maximum absolute atomic E-state index is 4.51. The molecule has 0 saturated heterocycles. The molecular weight excluding hydrogens is 220 g/mol. The number of rotatable bonds is 5. The normalized spacial score (nSPS) is 12.9. The molecule has 0 aliphatic rings. The minimum absolute atomic E-state index is 0.335. The second-order valence-electron chi connectivity index (χ2n) is 3.75. The number of hydrogen-bond acceptors (Lipinski definition) is 4. The van der Waals surface area contributed by atoms with Gasteiger partial charge in [0, 0.05) is 29.5 Å². The molecule has 0 bridgehead atoms. The van der Waals surface area contributed by atoms with Crippen LogP contribution in [0.3, 0.4) is 0 Å². The van der Waals surface area contributed by atoms with Crippen molar-refractivity contribution in [1.82, 2.24) is 20.5 Å². The predicted octanol–water partition coefficient (Wildman–Crippen LogP) is 2.42. The number of aromatic amines is 1. The fraction of sp³-hybridized carbons (Fsp3) is 0.455. The van der Waals surface area contributed by atoms with Gasteiger partial charge in [0.05, 0.1) is 6.04 Å². The van der Waals surface area contributed by atoms with Gasteiger partial charge in [0.15, 0.2) is 0 Å². The van der Waals surface area contributed by atoms with Crippen LogP contribution >= 0.6 is 11.3 Å². The highest BCUT2D eigenvalue weighted by Crippen LogP contribution is 2.20. The van der Waals surface area contributed by atoms with E-state index in [9.17, 15) is 0 Å². The average Bonchev–Trinajstić information content (AvgIpc) is 2.91. The van der Waals surface area contributed by atoms with Crippen molar-refractivity contribution in [3.63, 3.8) is 0 Å². The van der Waals surface area contributed by atoms with Crippen molar-refractivity contribution in [2.75, 3.05) is 0 Å². The second-order valence-corrected chi connectivity index (χ2v) is 4.64. The molecule has 0 spiro atoms. The smallest absolute Gasteiger partial charge is 0.110 e. The van der Waals surface area contributed by atoms with Crippen molar-refractivity contribution in [2.24, 2.45) is 0 Å². The summed E-state index contributed by atoms with van der Waals surface area (Å²) in [6.07, 6.45) is 2.81. The minimum atomic E-state index is 0.335. The van der Waals surface area contributed by atoms with Crippen LogP contribution in [-0.2, 0) is 6.54 Å². The zero-order valence-corrected chi connectivity index (χ0v) is 10.3. The third-order valence-electron chi connectivity index (χ3n) is 2.44. The van der Waals surface area contributed by atoms with Gasteiger partial charge < -0.3 is 5.32 Å². The van der Waals surface area contributed by atoms with Crippen molar-refractivity contribution in [1.29, 1.82) is 0 Å². The lowest BCUT2D eigenvalue weighted by Crippen LogP contribution is -2.20. The lowest BCUT2D eigenvalue weighted by Gasteiger charge is -2.13. The van der Waals surface area contributed by atoms with E-state index >= 15 is 0 Å².